The van der Waals surface area contributed by atoms with Crippen molar-refractivity contribution in [1.82, 2.24) is 5.32 Å². The van der Waals surface area contributed by atoms with Crippen molar-refractivity contribution in [2.24, 2.45) is 0 Å². The number of nitrogens with one attached hydrogen (secondary N) is 1. The first-order valence-corrected chi connectivity index (χ1v) is 9.00. The molecule has 1 atom stereocenters. The predicted octanol–water partition coefficient (Wildman–Crippen LogP) is 3.44. The van der Waals surface area contributed by atoms with Gasteiger partial charge in [0.1, 0.15) is 0 Å². The van der Waals surface area contributed by atoms with E-state index in [9.17, 15) is 9.59 Å². The van der Waals surface area contributed by atoms with Crippen molar-refractivity contribution in [2.75, 3.05) is 20.3 Å². The van der Waals surface area contributed by atoms with Crippen molar-refractivity contribution in [3.05, 3.63) is 45.8 Å². The number of carbonyl (C=O) groups excluding carboxylic acids is 2. The highest BCUT2D eigenvalue weighted by Gasteiger charge is 2.45. The van der Waals surface area contributed by atoms with Crippen LogP contribution >= 0.6 is 22.9 Å². The van der Waals surface area contributed by atoms with Crippen LogP contribution in [-0.4, -0.2) is 37.7 Å². The van der Waals surface area contributed by atoms with Crippen LogP contribution in [0.15, 0.2) is 30.3 Å². The van der Waals surface area contributed by atoms with Crippen molar-refractivity contribution in [1.29, 1.82) is 0 Å². The number of amides is 1. The molecule has 3 rings (SSSR count). The zero-order valence-corrected chi connectivity index (χ0v) is 15.5. The minimum atomic E-state index is -1.11. The first-order chi connectivity index (χ1) is 11.9. The summed E-state index contributed by atoms with van der Waals surface area (Å²) in [7, 11) is 1.31. The van der Waals surface area contributed by atoms with E-state index < -0.39 is 11.5 Å². The maximum Gasteiger partial charge on any atom is 0.334 e. The third kappa shape index (κ3) is 3.56. The Kier molecular flexibility index (Phi) is 5.13. The Morgan fingerprint density at radius 1 is 1.36 bits per heavy atom. The number of esters is 1. The van der Waals surface area contributed by atoms with E-state index in [1.807, 2.05) is 37.3 Å². The van der Waals surface area contributed by atoms with E-state index in [-0.39, 0.29) is 12.5 Å². The molecule has 2 heterocycles. The summed E-state index contributed by atoms with van der Waals surface area (Å²) >= 11 is 7.43. The lowest BCUT2D eigenvalue weighted by Crippen LogP contribution is -2.55. The van der Waals surface area contributed by atoms with Gasteiger partial charge in [-0.2, -0.15) is 0 Å². The van der Waals surface area contributed by atoms with Gasteiger partial charge in [-0.05, 0) is 36.2 Å². The monoisotopic (exact) mass is 379 g/mol. The van der Waals surface area contributed by atoms with Gasteiger partial charge in [-0.1, -0.05) is 23.7 Å². The van der Waals surface area contributed by atoms with Gasteiger partial charge < -0.3 is 14.8 Å². The molecule has 0 radical (unpaired) electrons. The molecular weight excluding hydrogens is 362 g/mol. The third-order valence-corrected chi connectivity index (χ3v) is 5.70. The van der Waals surface area contributed by atoms with E-state index in [1.54, 1.807) is 0 Å². The Morgan fingerprint density at radius 3 is 2.80 bits per heavy atom. The molecule has 1 fully saturated rings. The van der Waals surface area contributed by atoms with Gasteiger partial charge in [0.2, 0.25) is 0 Å². The zero-order valence-electron chi connectivity index (χ0n) is 13.9. The highest BCUT2D eigenvalue weighted by molar-refractivity contribution is 7.17. The Labute approximate surface area is 154 Å². The number of thiophene rings is 1. The fourth-order valence-electron chi connectivity index (χ4n) is 2.86. The van der Waals surface area contributed by atoms with Crippen LogP contribution in [0.5, 0.6) is 0 Å². The Balaban J connectivity index is 1.86. The smallest absolute Gasteiger partial charge is 0.334 e. The first-order valence-electron chi connectivity index (χ1n) is 7.80. The lowest BCUT2D eigenvalue weighted by Gasteiger charge is -2.25. The minimum absolute atomic E-state index is 0.122. The number of hydrogen-bond donors (Lipinski definition) is 1. The molecular formula is C18H18ClNO4S. The average Bonchev–Trinajstić information content (AvgIpc) is 3.21. The lowest BCUT2D eigenvalue weighted by atomic mass is 9.99. The van der Waals surface area contributed by atoms with Gasteiger partial charge in [-0.3, -0.25) is 4.79 Å². The maximum absolute atomic E-state index is 12.7. The van der Waals surface area contributed by atoms with Gasteiger partial charge in [0.25, 0.3) is 5.91 Å². The molecule has 0 bridgehead atoms. The standard InChI is InChI=1S/C18H18ClNO4S/c1-11-8-14(25-15(11)12-4-3-5-13(19)9-12)16(21)20-18(17(22)23-2)6-7-24-10-18/h3-5,8-9H,6-7,10H2,1-2H3,(H,20,21)/t18-/m0/s1. The van der Waals surface area contributed by atoms with Crippen LogP contribution in [0.2, 0.25) is 5.02 Å². The normalized spacial score (nSPS) is 19.6. The van der Waals surface area contributed by atoms with Crippen LogP contribution in [0, 0.1) is 6.92 Å². The molecule has 5 nitrogen and oxygen atoms in total. The summed E-state index contributed by atoms with van der Waals surface area (Å²) in [5.74, 6) is -0.793. The average molecular weight is 380 g/mol. The van der Waals surface area contributed by atoms with Crippen molar-refractivity contribution in [3.8, 4) is 10.4 Å². The predicted molar refractivity (Wildman–Crippen MR) is 97.2 cm³/mol. The van der Waals surface area contributed by atoms with E-state index >= 15 is 0 Å². The molecule has 25 heavy (non-hydrogen) atoms. The summed E-state index contributed by atoms with van der Waals surface area (Å²) in [5, 5.41) is 3.45. The summed E-state index contributed by atoms with van der Waals surface area (Å²) in [5.41, 5.74) is 0.827. The number of halogens is 1. The Bertz CT molecular complexity index is 811. The van der Waals surface area contributed by atoms with Crippen molar-refractivity contribution < 1.29 is 19.1 Å². The first kappa shape index (κ1) is 17.9. The van der Waals surface area contributed by atoms with Crippen LogP contribution < -0.4 is 5.32 Å². The van der Waals surface area contributed by atoms with E-state index in [4.69, 9.17) is 21.1 Å². The molecule has 1 aromatic carbocycles. The van der Waals surface area contributed by atoms with E-state index in [0.717, 1.165) is 16.0 Å². The van der Waals surface area contributed by atoms with E-state index in [2.05, 4.69) is 5.32 Å². The highest BCUT2D eigenvalue weighted by Crippen LogP contribution is 2.34. The van der Waals surface area contributed by atoms with Crippen molar-refractivity contribution >= 4 is 34.8 Å². The molecule has 1 saturated heterocycles. The molecule has 0 spiro atoms. The molecule has 132 valence electrons. The summed E-state index contributed by atoms with van der Waals surface area (Å²) in [6.07, 6.45) is 0.400. The molecule has 1 aromatic heterocycles. The summed E-state index contributed by atoms with van der Waals surface area (Å²) in [4.78, 5) is 26.3. The van der Waals surface area contributed by atoms with E-state index in [1.165, 1.54) is 18.4 Å². The van der Waals surface area contributed by atoms with E-state index in [0.29, 0.717) is 22.9 Å². The highest BCUT2D eigenvalue weighted by atomic mass is 35.5. The number of methoxy groups -OCH3 is 1. The number of ether oxygens (including phenoxy) is 2. The van der Waals surface area contributed by atoms with Crippen LogP contribution in [-0.2, 0) is 14.3 Å². The molecule has 1 aliphatic heterocycles. The van der Waals surface area contributed by atoms with Crippen LogP contribution in [0.1, 0.15) is 21.7 Å². The summed E-state index contributed by atoms with van der Waals surface area (Å²) < 4.78 is 10.1. The Morgan fingerprint density at radius 2 is 2.16 bits per heavy atom. The lowest BCUT2D eigenvalue weighted by molar-refractivity contribution is -0.148. The second kappa shape index (κ2) is 7.15. The van der Waals surface area contributed by atoms with Gasteiger partial charge in [0, 0.05) is 22.9 Å². The molecule has 0 unspecified atom stereocenters. The minimum Gasteiger partial charge on any atom is -0.467 e. The maximum atomic E-state index is 12.7. The van der Waals surface area contributed by atoms with Gasteiger partial charge in [0.15, 0.2) is 5.54 Å². The Hall–Kier alpha value is -1.89. The van der Waals surface area contributed by atoms with Gasteiger partial charge >= 0.3 is 5.97 Å². The van der Waals surface area contributed by atoms with Crippen LogP contribution in [0.25, 0.3) is 10.4 Å². The molecule has 2 aromatic rings. The van der Waals surface area contributed by atoms with Gasteiger partial charge in [0.05, 0.1) is 18.6 Å². The number of carbonyl (C=O) groups is 2. The molecule has 7 heteroatoms. The van der Waals surface area contributed by atoms with Gasteiger partial charge in [-0.15, -0.1) is 11.3 Å². The summed E-state index contributed by atoms with van der Waals surface area (Å²) in [6, 6.07) is 9.31. The van der Waals surface area contributed by atoms with Crippen molar-refractivity contribution in [2.45, 2.75) is 18.9 Å². The fourth-order valence-corrected chi connectivity index (χ4v) is 4.11. The number of aryl methyl sites for hydroxylation is 1. The molecule has 0 aliphatic carbocycles. The second-order valence-corrected chi connectivity index (χ2v) is 7.45. The molecule has 1 aliphatic rings. The second-order valence-electron chi connectivity index (χ2n) is 5.96. The molecule has 1 amide bonds. The summed E-state index contributed by atoms with van der Waals surface area (Å²) in [6.45, 7) is 2.47. The quantitative estimate of drug-likeness (QED) is 0.826. The number of benzene rings is 1. The molecule has 1 N–H and O–H groups in total. The SMILES string of the molecule is COC(=O)[C@]1(NC(=O)c2cc(C)c(-c3cccc(Cl)c3)s2)CCOC1. The number of hydrogen-bond acceptors (Lipinski definition) is 5. The third-order valence-electron chi connectivity index (χ3n) is 4.18. The largest absolute Gasteiger partial charge is 0.467 e. The van der Waals surface area contributed by atoms with Crippen molar-refractivity contribution in [3.63, 3.8) is 0 Å². The van der Waals surface area contributed by atoms with Crippen LogP contribution in [0.3, 0.4) is 0 Å². The number of rotatable bonds is 4. The molecule has 0 saturated carbocycles. The topological polar surface area (TPSA) is 64.6 Å². The zero-order chi connectivity index (χ0) is 18.0. The van der Waals surface area contributed by atoms with Gasteiger partial charge in [-0.25, -0.2) is 4.79 Å². The van der Waals surface area contributed by atoms with Crippen LogP contribution in [0.4, 0.5) is 0 Å². The fraction of sp³-hybridized carbons (Fsp3) is 0.333.